The van der Waals surface area contributed by atoms with Crippen molar-refractivity contribution in [3.63, 3.8) is 0 Å². The molecule has 98 valence electrons. The van der Waals surface area contributed by atoms with E-state index in [0.717, 1.165) is 18.6 Å². The van der Waals surface area contributed by atoms with Crippen LogP contribution in [0.5, 0.6) is 0 Å². The molecular formula is C12H16ClN3O2. The minimum absolute atomic E-state index is 0.406. The molecule has 0 N–H and O–H groups in total. The highest BCUT2D eigenvalue weighted by atomic mass is 35.5. The van der Waals surface area contributed by atoms with Gasteiger partial charge in [0.2, 0.25) is 5.89 Å². The van der Waals surface area contributed by atoms with Crippen molar-refractivity contribution in [3.05, 3.63) is 34.8 Å². The van der Waals surface area contributed by atoms with Gasteiger partial charge in [0.1, 0.15) is 5.76 Å². The zero-order valence-corrected chi connectivity index (χ0v) is 11.3. The van der Waals surface area contributed by atoms with Gasteiger partial charge in [0.05, 0.1) is 13.1 Å². The molecule has 18 heavy (non-hydrogen) atoms. The van der Waals surface area contributed by atoms with Gasteiger partial charge in [0, 0.05) is 6.42 Å². The van der Waals surface area contributed by atoms with Crippen LogP contribution in [0.3, 0.4) is 0 Å². The second-order valence-corrected chi connectivity index (χ2v) is 4.60. The van der Waals surface area contributed by atoms with E-state index < -0.39 is 0 Å². The summed E-state index contributed by atoms with van der Waals surface area (Å²) in [5, 5.41) is 4.34. The van der Waals surface area contributed by atoms with Crippen molar-refractivity contribution in [1.82, 2.24) is 15.0 Å². The molecule has 0 bridgehead atoms. The molecule has 0 spiro atoms. The number of nitrogens with zero attached hydrogens (tertiary/aromatic N) is 3. The number of hydrogen-bond acceptors (Lipinski definition) is 5. The van der Waals surface area contributed by atoms with Gasteiger partial charge in [-0.05, 0) is 37.2 Å². The molecule has 0 atom stereocenters. The lowest BCUT2D eigenvalue weighted by atomic mass is 10.3. The Morgan fingerprint density at radius 2 is 2.17 bits per heavy atom. The number of rotatable bonds is 6. The zero-order chi connectivity index (χ0) is 13.0. The first-order valence-corrected chi connectivity index (χ1v) is 6.29. The SMILES string of the molecule is CCCc1nc(CN(C)Cc2ccc(Cl)o2)no1. The van der Waals surface area contributed by atoms with Gasteiger partial charge in [0.25, 0.3) is 0 Å². The molecule has 0 aliphatic rings. The first kappa shape index (κ1) is 13.1. The lowest BCUT2D eigenvalue weighted by Crippen LogP contribution is -2.17. The van der Waals surface area contributed by atoms with Gasteiger partial charge >= 0.3 is 0 Å². The van der Waals surface area contributed by atoms with E-state index in [0.29, 0.717) is 30.0 Å². The maximum Gasteiger partial charge on any atom is 0.226 e. The summed E-state index contributed by atoms with van der Waals surface area (Å²) in [7, 11) is 1.96. The van der Waals surface area contributed by atoms with E-state index in [1.807, 2.05) is 18.0 Å². The van der Waals surface area contributed by atoms with E-state index >= 15 is 0 Å². The third kappa shape index (κ3) is 3.58. The van der Waals surface area contributed by atoms with Crippen molar-refractivity contribution in [2.45, 2.75) is 32.9 Å². The monoisotopic (exact) mass is 269 g/mol. The predicted molar refractivity (Wildman–Crippen MR) is 67.2 cm³/mol. The summed E-state index contributed by atoms with van der Waals surface area (Å²) in [6, 6.07) is 3.59. The van der Waals surface area contributed by atoms with E-state index in [9.17, 15) is 0 Å². The molecule has 6 heteroatoms. The fourth-order valence-electron chi connectivity index (χ4n) is 1.67. The molecule has 0 aliphatic heterocycles. The Hall–Kier alpha value is -1.33. The molecule has 0 amide bonds. The third-order valence-corrected chi connectivity index (χ3v) is 2.64. The Morgan fingerprint density at radius 1 is 1.33 bits per heavy atom. The van der Waals surface area contributed by atoms with Crippen LogP contribution in [-0.2, 0) is 19.5 Å². The molecule has 0 unspecified atom stereocenters. The van der Waals surface area contributed by atoms with Crippen LogP contribution >= 0.6 is 11.6 Å². The van der Waals surface area contributed by atoms with Gasteiger partial charge in [-0.1, -0.05) is 12.1 Å². The largest absolute Gasteiger partial charge is 0.448 e. The van der Waals surface area contributed by atoms with E-state index in [1.165, 1.54) is 0 Å². The summed E-state index contributed by atoms with van der Waals surface area (Å²) in [6.45, 7) is 3.35. The fraction of sp³-hybridized carbons (Fsp3) is 0.500. The Morgan fingerprint density at radius 3 is 2.83 bits per heavy atom. The second-order valence-electron chi connectivity index (χ2n) is 4.23. The Kier molecular flexibility index (Phi) is 4.38. The molecule has 2 heterocycles. The molecule has 0 fully saturated rings. The van der Waals surface area contributed by atoms with Crippen LogP contribution in [0.4, 0.5) is 0 Å². The third-order valence-electron chi connectivity index (χ3n) is 2.44. The van der Waals surface area contributed by atoms with Crippen molar-refractivity contribution in [1.29, 1.82) is 0 Å². The maximum absolute atomic E-state index is 5.72. The van der Waals surface area contributed by atoms with Crippen LogP contribution in [0.15, 0.2) is 21.1 Å². The molecule has 2 rings (SSSR count). The normalized spacial score (nSPS) is 11.3. The van der Waals surface area contributed by atoms with Crippen LogP contribution in [-0.4, -0.2) is 22.1 Å². The molecular weight excluding hydrogens is 254 g/mol. The summed E-state index contributed by atoms with van der Waals surface area (Å²) in [5.41, 5.74) is 0. The summed E-state index contributed by atoms with van der Waals surface area (Å²) < 4.78 is 10.4. The average Bonchev–Trinajstić information content (AvgIpc) is 2.89. The topological polar surface area (TPSA) is 55.3 Å². The van der Waals surface area contributed by atoms with E-state index in [4.69, 9.17) is 20.5 Å². The van der Waals surface area contributed by atoms with Gasteiger partial charge in [-0.15, -0.1) is 0 Å². The van der Waals surface area contributed by atoms with Crippen LogP contribution in [0.1, 0.15) is 30.8 Å². The van der Waals surface area contributed by atoms with Crippen molar-refractivity contribution < 1.29 is 8.94 Å². The molecule has 0 saturated heterocycles. The highest BCUT2D eigenvalue weighted by Gasteiger charge is 2.10. The van der Waals surface area contributed by atoms with Gasteiger partial charge in [0.15, 0.2) is 11.0 Å². The fourth-order valence-corrected chi connectivity index (χ4v) is 1.83. The Bertz CT molecular complexity index is 495. The molecule has 0 saturated carbocycles. The molecule has 2 aromatic rings. The number of aryl methyl sites for hydroxylation is 1. The van der Waals surface area contributed by atoms with Crippen LogP contribution < -0.4 is 0 Å². The zero-order valence-electron chi connectivity index (χ0n) is 10.5. The average molecular weight is 270 g/mol. The van der Waals surface area contributed by atoms with Crippen molar-refractivity contribution >= 4 is 11.6 Å². The first-order valence-electron chi connectivity index (χ1n) is 5.91. The molecule has 0 aromatic carbocycles. The van der Waals surface area contributed by atoms with Gasteiger partial charge < -0.3 is 8.94 Å². The summed E-state index contributed by atoms with van der Waals surface area (Å²) >= 11 is 5.72. The summed E-state index contributed by atoms with van der Waals surface area (Å²) in [4.78, 5) is 6.35. The Labute approximate surface area is 111 Å². The van der Waals surface area contributed by atoms with Crippen molar-refractivity contribution in [2.75, 3.05) is 7.05 Å². The smallest absolute Gasteiger partial charge is 0.226 e. The minimum Gasteiger partial charge on any atom is -0.448 e. The molecule has 0 radical (unpaired) electrons. The highest BCUT2D eigenvalue weighted by Crippen LogP contribution is 2.15. The lowest BCUT2D eigenvalue weighted by Gasteiger charge is -2.11. The lowest BCUT2D eigenvalue weighted by molar-refractivity contribution is 0.275. The van der Waals surface area contributed by atoms with Gasteiger partial charge in [-0.2, -0.15) is 4.98 Å². The van der Waals surface area contributed by atoms with Crippen LogP contribution in [0.2, 0.25) is 5.22 Å². The molecule has 2 aromatic heterocycles. The first-order chi connectivity index (χ1) is 8.67. The number of hydrogen-bond donors (Lipinski definition) is 0. The Balaban J connectivity index is 1.88. The number of furan rings is 1. The van der Waals surface area contributed by atoms with E-state index in [2.05, 4.69) is 17.1 Å². The molecule has 0 aliphatic carbocycles. The van der Waals surface area contributed by atoms with E-state index in [1.54, 1.807) is 6.07 Å². The van der Waals surface area contributed by atoms with Crippen LogP contribution in [0.25, 0.3) is 0 Å². The minimum atomic E-state index is 0.406. The number of aromatic nitrogens is 2. The number of halogens is 1. The highest BCUT2D eigenvalue weighted by molar-refractivity contribution is 6.28. The quantitative estimate of drug-likeness (QED) is 0.807. The second kappa shape index (κ2) is 6.02. The van der Waals surface area contributed by atoms with Gasteiger partial charge in [-0.3, -0.25) is 4.90 Å². The standard InChI is InChI=1S/C12H16ClN3O2/c1-3-4-12-14-11(15-18-12)8-16(2)7-9-5-6-10(13)17-9/h5-6H,3-4,7-8H2,1-2H3. The van der Waals surface area contributed by atoms with E-state index in [-0.39, 0.29) is 0 Å². The summed E-state index contributed by atoms with van der Waals surface area (Å²) in [6.07, 6.45) is 1.83. The summed E-state index contributed by atoms with van der Waals surface area (Å²) in [5.74, 6) is 2.21. The predicted octanol–water partition coefficient (Wildman–Crippen LogP) is 2.90. The maximum atomic E-state index is 5.72. The molecule has 5 nitrogen and oxygen atoms in total. The van der Waals surface area contributed by atoms with Gasteiger partial charge in [-0.25, -0.2) is 0 Å². The van der Waals surface area contributed by atoms with Crippen molar-refractivity contribution in [2.24, 2.45) is 0 Å². The van der Waals surface area contributed by atoms with Crippen LogP contribution in [0, 0.1) is 0 Å². The van der Waals surface area contributed by atoms with Crippen molar-refractivity contribution in [3.8, 4) is 0 Å².